The third-order valence-corrected chi connectivity index (χ3v) is 2.22. The standard InChI is InChI=1S/C8H13NO2/c1-6-3-4-8(6,5-10)9-7(2)11/h10H,1,3-5H2,2H3,(H,9,11). The molecule has 3 heteroatoms. The highest BCUT2D eigenvalue weighted by atomic mass is 16.3. The molecule has 1 aliphatic carbocycles. The van der Waals surface area contributed by atoms with Crippen molar-refractivity contribution in [1.29, 1.82) is 0 Å². The lowest BCUT2D eigenvalue weighted by atomic mass is 9.73. The monoisotopic (exact) mass is 155 g/mol. The van der Waals surface area contributed by atoms with Crippen molar-refractivity contribution in [2.24, 2.45) is 0 Å². The van der Waals surface area contributed by atoms with Gasteiger partial charge in [-0.25, -0.2) is 0 Å². The van der Waals surface area contributed by atoms with Crippen LogP contribution in [0.15, 0.2) is 12.2 Å². The number of aliphatic hydroxyl groups is 1. The van der Waals surface area contributed by atoms with Gasteiger partial charge >= 0.3 is 0 Å². The lowest BCUT2D eigenvalue weighted by Crippen LogP contribution is -2.57. The molecule has 1 aliphatic rings. The largest absolute Gasteiger partial charge is 0.394 e. The van der Waals surface area contributed by atoms with E-state index in [1.54, 1.807) is 0 Å². The Morgan fingerprint density at radius 1 is 1.91 bits per heavy atom. The second-order valence-corrected chi connectivity index (χ2v) is 3.02. The highest BCUT2D eigenvalue weighted by Crippen LogP contribution is 2.35. The molecule has 11 heavy (non-hydrogen) atoms. The first-order valence-electron chi connectivity index (χ1n) is 3.68. The maximum absolute atomic E-state index is 10.7. The van der Waals surface area contributed by atoms with Gasteiger partial charge in [0.1, 0.15) is 0 Å². The minimum atomic E-state index is -0.494. The molecule has 0 aliphatic heterocycles. The Balaban J connectivity index is 2.61. The van der Waals surface area contributed by atoms with E-state index in [4.69, 9.17) is 5.11 Å². The van der Waals surface area contributed by atoms with Crippen molar-refractivity contribution < 1.29 is 9.90 Å². The Labute approximate surface area is 66.1 Å². The van der Waals surface area contributed by atoms with Crippen LogP contribution in [0.3, 0.4) is 0 Å². The maximum atomic E-state index is 10.7. The quantitative estimate of drug-likeness (QED) is 0.560. The second kappa shape index (κ2) is 2.66. The fraction of sp³-hybridized carbons (Fsp3) is 0.625. The van der Waals surface area contributed by atoms with Crippen molar-refractivity contribution in [2.75, 3.05) is 6.61 Å². The second-order valence-electron chi connectivity index (χ2n) is 3.02. The van der Waals surface area contributed by atoms with Crippen LogP contribution in [-0.2, 0) is 4.79 Å². The molecular weight excluding hydrogens is 142 g/mol. The average molecular weight is 155 g/mol. The van der Waals surface area contributed by atoms with E-state index in [9.17, 15) is 4.79 Å². The molecule has 2 N–H and O–H groups in total. The van der Waals surface area contributed by atoms with Gasteiger partial charge in [-0.2, -0.15) is 0 Å². The number of amides is 1. The first kappa shape index (κ1) is 8.27. The number of carbonyl (C=O) groups is 1. The summed E-state index contributed by atoms with van der Waals surface area (Å²) < 4.78 is 0. The summed E-state index contributed by atoms with van der Waals surface area (Å²) in [5.74, 6) is -0.111. The molecule has 1 atom stereocenters. The van der Waals surface area contributed by atoms with E-state index in [1.807, 2.05) is 0 Å². The van der Waals surface area contributed by atoms with E-state index >= 15 is 0 Å². The summed E-state index contributed by atoms with van der Waals surface area (Å²) >= 11 is 0. The van der Waals surface area contributed by atoms with Crippen molar-refractivity contribution in [3.05, 3.63) is 12.2 Å². The van der Waals surface area contributed by atoms with Gasteiger partial charge in [-0.05, 0) is 18.4 Å². The van der Waals surface area contributed by atoms with E-state index < -0.39 is 5.54 Å². The van der Waals surface area contributed by atoms with Crippen LogP contribution in [0.5, 0.6) is 0 Å². The van der Waals surface area contributed by atoms with Gasteiger partial charge in [-0.1, -0.05) is 6.58 Å². The highest BCUT2D eigenvalue weighted by Gasteiger charge is 2.40. The van der Waals surface area contributed by atoms with Crippen LogP contribution in [0, 0.1) is 0 Å². The summed E-state index contributed by atoms with van der Waals surface area (Å²) in [6.45, 7) is 5.17. The fourth-order valence-corrected chi connectivity index (χ4v) is 1.32. The van der Waals surface area contributed by atoms with E-state index in [-0.39, 0.29) is 12.5 Å². The maximum Gasteiger partial charge on any atom is 0.217 e. The predicted molar refractivity (Wildman–Crippen MR) is 42.0 cm³/mol. The van der Waals surface area contributed by atoms with Crippen LogP contribution in [-0.4, -0.2) is 23.2 Å². The third-order valence-electron chi connectivity index (χ3n) is 2.22. The molecule has 3 nitrogen and oxygen atoms in total. The molecule has 1 unspecified atom stereocenters. The molecule has 1 amide bonds. The lowest BCUT2D eigenvalue weighted by Gasteiger charge is -2.43. The van der Waals surface area contributed by atoms with Gasteiger partial charge in [0.25, 0.3) is 0 Å². The smallest absolute Gasteiger partial charge is 0.217 e. The van der Waals surface area contributed by atoms with Gasteiger partial charge in [0, 0.05) is 6.92 Å². The zero-order valence-electron chi connectivity index (χ0n) is 6.68. The number of hydrogen-bond donors (Lipinski definition) is 2. The van der Waals surface area contributed by atoms with Crippen molar-refractivity contribution in [3.63, 3.8) is 0 Å². The molecule has 0 heterocycles. The molecule has 0 aromatic carbocycles. The summed E-state index contributed by atoms with van der Waals surface area (Å²) in [7, 11) is 0. The summed E-state index contributed by atoms with van der Waals surface area (Å²) in [6, 6.07) is 0. The van der Waals surface area contributed by atoms with Crippen molar-refractivity contribution in [2.45, 2.75) is 25.3 Å². The summed E-state index contributed by atoms with van der Waals surface area (Å²) in [4.78, 5) is 10.7. The molecular formula is C8H13NO2. The Morgan fingerprint density at radius 2 is 2.55 bits per heavy atom. The molecule has 1 fully saturated rings. The number of hydrogen-bond acceptors (Lipinski definition) is 2. The van der Waals surface area contributed by atoms with Crippen LogP contribution in [0.2, 0.25) is 0 Å². The van der Waals surface area contributed by atoms with Gasteiger partial charge in [0.15, 0.2) is 0 Å². The van der Waals surface area contributed by atoms with Gasteiger partial charge in [-0.3, -0.25) is 4.79 Å². The Bertz CT molecular complexity index is 196. The zero-order chi connectivity index (χ0) is 8.48. The van der Waals surface area contributed by atoms with E-state index in [0.717, 1.165) is 18.4 Å². The Hall–Kier alpha value is -0.830. The number of rotatable bonds is 2. The van der Waals surface area contributed by atoms with Crippen LogP contribution in [0.25, 0.3) is 0 Å². The first-order chi connectivity index (χ1) is 5.10. The van der Waals surface area contributed by atoms with E-state index in [2.05, 4.69) is 11.9 Å². The third kappa shape index (κ3) is 1.28. The molecule has 1 saturated carbocycles. The van der Waals surface area contributed by atoms with Crippen LogP contribution < -0.4 is 5.32 Å². The van der Waals surface area contributed by atoms with Crippen LogP contribution in [0.1, 0.15) is 19.8 Å². The minimum Gasteiger partial charge on any atom is -0.394 e. The van der Waals surface area contributed by atoms with Gasteiger partial charge < -0.3 is 10.4 Å². The Morgan fingerprint density at radius 3 is 2.64 bits per heavy atom. The molecule has 62 valence electrons. The molecule has 1 rings (SSSR count). The summed E-state index contributed by atoms with van der Waals surface area (Å²) in [5.41, 5.74) is 0.432. The molecule has 0 saturated heterocycles. The highest BCUT2D eigenvalue weighted by molar-refractivity contribution is 5.75. The van der Waals surface area contributed by atoms with Gasteiger partial charge in [-0.15, -0.1) is 0 Å². The molecule has 0 bridgehead atoms. The van der Waals surface area contributed by atoms with Gasteiger partial charge in [0.05, 0.1) is 12.1 Å². The molecule has 0 aromatic heterocycles. The zero-order valence-corrected chi connectivity index (χ0v) is 6.68. The SMILES string of the molecule is C=C1CCC1(CO)NC(C)=O. The van der Waals surface area contributed by atoms with E-state index in [1.165, 1.54) is 6.92 Å². The molecule has 0 spiro atoms. The Kier molecular flexibility index (Phi) is 2.00. The first-order valence-corrected chi connectivity index (χ1v) is 3.68. The average Bonchev–Trinajstić information content (AvgIpc) is 1.96. The molecule has 0 aromatic rings. The number of carbonyl (C=O) groups excluding carboxylic acids is 1. The van der Waals surface area contributed by atoms with Crippen LogP contribution >= 0.6 is 0 Å². The lowest BCUT2D eigenvalue weighted by molar-refractivity contribution is -0.121. The topological polar surface area (TPSA) is 49.3 Å². The summed E-state index contributed by atoms with van der Waals surface area (Å²) in [5, 5.41) is 11.7. The summed E-state index contributed by atoms with van der Waals surface area (Å²) in [6.07, 6.45) is 1.71. The van der Waals surface area contributed by atoms with Crippen molar-refractivity contribution >= 4 is 5.91 Å². The predicted octanol–water partition coefficient (Wildman–Crippen LogP) is 0.204. The molecule has 0 radical (unpaired) electrons. The van der Waals surface area contributed by atoms with Gasteiger partial charge in [0.2, 0.25) is 5.91 Å². The fourth-order valence-electron chi connectivity index (χ4n) is 1.32. The van der Waals surface area contributed by atoms with Crippen LogP contribution in [0.4, 0.5) is 0 Å². The normalized spacial score (nSPS) is 29.5. The van der Waals surface area contributed by atoms with E-state index in [0.29, 0.717) is 0 Å². The van der Waals surface area contributed by atoms with Crippen molar-refractivity contribution in [3.8, 4) is 0 Å². The van der Waals surface area contributed by atoms with Crippen molar-refractivity contribution in [1.82, 2.24) is 5.32 Å². The number of nitrogens with one attached hydrogen (secondary N) is 1. The number of aliphatic hydroxyl groups excluding tert-OH is 1. The minimum absolute atomic E-state index is 0.0363.